The number of benzene rings is 1. The molecule has 0 unspecified atom stereocenters. The van der Waals surface area contributed by atoms with Crippen LogP contribution in [0, 0.1) is 6.07 Å². The summed E-state index contributed by atoms with van der Waals surface area (Å²) in [6.07, 6.45) is -4.47. The van der Waals surface area contributed by atoms with Crippen molar-refractivity contribution in [3.05, 3.63) is 42.1 Å². The van der Waals surface area contributed by atoms with E-state index in [4.69, 9.17) is 4.74 Å². The molecule has 2 rings (SSSR count). The van der Waals surface area contributed by atoms with Gasteiger partial charge in [0.05, 0.1) is 0 Å². The van der Waals surface area contributed by atoms with Crippen molar-refractivity contribution in [3.8, 4) is 11.6 Å². The minimum absolute atomic E-state index is 0.0249. The molecule has 89 valence electrons. The molecule has 0 bridgehead atoms. The van der Waals surface area contributed by atoms with Crippen molar-refractivity contribution in [3.63, 3.8) is 0 Å². The predicted octanol–water partition coefficient (Wildman–Crippen LogP) is 3.03. The van der Waals surface area contributed by atoms with Crippen LogP contribution in [-0.4, -0.2) is 9.78 Å². The van der Waals surface area contributed by atoms with Gasteiger partial charge in [0.25, 0.3) is 0 Å². The van der Waals surface area contributed by atoms with Crippen LogP contribution in [0.3, 0.4) is 0 Å². The zero-order valence-corrected chi connectivity index (χ0v) is 8.82. The Morgan fingerprint density at radius 3 is 2.71 bits per heavy atom. The van der Waals surface area contributed by atoms with Crippen molar-refractivity contribution in [2.45, 2.75) is 6.18 Å². The molecule has 1 aromatic carbocycles. The number of nitrogens with zero attached hydrogens (tertiary/aromatic N) is 2. The molecule has 0 fully saturated rings. The Morgan fingerprint density at radius 2 is 2.18 bits per heavy atom. The first-order chi connectivity index (χ1) is 7.97. The molecule has 6 heteroatoms. The van der Waals surface area contributed by atoms with Gasteiger partial charge in [0.2, 0.25) is 5.88 Å². The molecule has 2 aromatic rings. The molecule has 0 aliphatic rings. The lowest BCUT2D eigenvalue weighted by Gasteiger charge is -2.03. The molecule has 17 heavy (non-hydrogen) atoms. The van der Waals surface area contributed by atoms with E-state index >= 15 is 0 Å². The molecule has 0 aliphatic heterocycles. The average Bonchev–Trinajstić information content (AvgIpc) is 2.62. The minimum atomic E-state index is -4.47. The second-order valence-corrected chi connectivity index (χ2v) is 3.33. The second kappa shape index (κ2) is 4.12. The van der Waals surface area contributed by atoms with Crippen molar-refractivity contribution < 1.29 is 17.9 Å². The van der Waals surface area contributed by atoms with Crippen LogP contribution in [-0.2, 0) is 13.2 Å². The maximum absolute atomic E-state index is 12.4. The molecular weight excluding hydrogens is 233 g/mol. The third kappa shape index (κ3) is 2.58. The molecule has 0 saturated carbocycles. The van der Waals surface area contributed by atoms with Crippen LogP contribution in [0.2, 0.25) is 0 Å². The van der Waals surface area contributed by atoms with Crippen molar-refractivity contribution in [2.24, 2.45) is 7.05 Å². The summed E-state index contributed by atoms with van der Waals surface area (Å²) in [6.45, 7) is 0. The Bertz CT molecular complexity index is 505. The maximum atomic E-state index is 12.4. The maximum Gasteiger partial charge on any atom is 0.435 e. The fourth-order valence-corrected chi connectivity index (χ4v) is 1.25. The Kier molecular flexibility index (Phi) is 2.79. The molecular formula is C11H8F3N2O. The zero-order valence-electron chi connectivity index (χ0n) is 8.82. The summed E-state index contributed by atoms with van der Waals surface area (Å²) in [4.78, 5) is 0. The molecule has 0 aliphatic carbocycles. The first kappa shape index (κ1) is 11.5. The number of hydrogen-bond donors (Lipinski definition) is 0. The summed E-state index contributed by atoms with van der Waals surface area (Å²) >= 11 is 0. The van der Waals surface area contributed by atoms with Gasteiger partial charge in [-0.05, 0) is 18.2 Å². The third-order valence-electron chi connectivity index (χ3n) is 2.03. The second-order valence-electron chi connectivity index (χ2n) is 3.33. The lowest BCUT2D eigenvalue weighted by molar-refractivity contribution is -0.141. The van der Waals surface area contributed by atoms with E-state index in [-0.39, 0.29) is 5.88 Å². The van der Waals surface area contributed by atoms with Crippen molar-refractivity contribution in [2.75, 3.05) is 0 Å². The van der Waals surface area contributed by atoms with Gasteiger partial charge in [0.15, 0.2) is 5.69 Å². The van der Waals surface area contributed by atoms with Crippen LogP contribution in [0.15, 0.2) is 30.3 Å². The lowest BCUT2D eigenvalue weighted by atomic mass is 10.3. The molecule has 0 spiro atoms. The first-order valence-electron chi connectivity index (χ1n) is 4.72. The van der Waals surface area contributed by atoms with E-state index in [2.05, 4.69) is 11.2 Å². The molecule has 0 amide bonds. The summed E-state index contributed by atoms with van der Waals surface area (Å²) in [5.41, 5.74) is -0.977. The van der Waals surface area contributed by atoms with Gasteiger partial charge in [-0.3, -0.25) is 0 Å². The highest BCUT2D eigenvalue weighted by atomic mass is 19.4. The molecule has 1 aromatic heterocycles. The van der Waals surface area contributed by atoms with Crippen LogP contribution < -0.4 is 4.74 Å². The summed E-state index contributed by atoms with van der Waals surface area (Å²) in [7, 11) is 1.39. The van der Waals surface area contributed by atoms with Crippen LogP contribution in [0.4, 0.5) is 13.2 Å². The number of alkyl halides is 3. The summed E-state index contributed by atoms with van der Waals surface area (Å²) < 4.78 is 43.4. The van der Waals surface area contributed by atoms with Gasteiger partial charge >= 0.3 is 6.18 Å². The standard InChI is InChI=1S/C11H8F3N2O/c1-16-10(7-9(15-16)11(12,13)14)17-8-5-3-2-4-6-8/h2-3,5-7H,1H3. The van der Waals surface area contributed by atoms with Crippen LogP contribution in [0.1, 0.15) is 5.69 Å². The Hall–Kier alpha value is -1.98. The van der Waals surface area contributed by atoms with Crippen LogP contribution >= 0.6 is 0 Å². The first-order valence-corrected chi connectivity index (χ1v) is 4.72. The molecule has 0 atom stereocenters. The van der Waals surface area contributed by atoms with Gasteiger partial charge in [-0.15, -0.1) is 0 Å². The molecule has 0 saturated heterocycles. The van der Waals surface area contributed by atoms with Gasteiger partial charge in [-0.2, -0.15) is 18.3 Å². The van der Waals surface area contributed by atoms with Crippen molar-refractivity contribution in [1.82, 2.24) is 9.78 Å². The Morgan fingerprint density at radius 1 is 1.41 bits per heavy atom. The number of hydrogen-bond acceptors (Lipinski definition) is 2. The fourth-order valence-electron chi connectivity index (χ4n) is 1.25. The molecule has 0 N–H and O–H groups in total. The number of aromatic nitrogens is 2. The van der Waals surface area contributed by atoms with Crippen molar-refractivity contribution in [1.29, 1.82) is 0 Å². The molecule has 3 nitrogen and oxygen atoms in total. The van der Waals surface area contributed by atoms with E-state index in [1.54, 1.807) is 18.2 Å². The normalized spacial score (nSPS) is 11.5. The lowest BCUT2D eigenvalue weighted by Crippen LogP contribution is -2.06. The van der Waals surface area contributed by atoms with E-state index in [0.717, 1.165) is 10.7 Å². The fraction of sp³-hybridized carbons (Fsp3) is 0.182. The Balaban J connectivity index is 2.26. The summed E-state index contributed by atoms with van der Waals surface area (Å²) in [6, 6.07) is 10.1. The van der Waals surface area contributed by atoms with Crippen molar-refractivity contribution >= 4 is 0 Å². The molecule has 1 radical (unpaired) electrons. The molecule has 1 heterocycles. The largest absolute Gasteiger partial charge is 0.439 e. The topological polar surface area (TPSA) is 27.1 Å². The summed E-state index contributed by atoms with van der Waals surface area (Å²) in [5, 5.41) is 3.33. The van der Waals surface area contributed by atoms with Gasteiger partial charge in [0, 0.05) is 13.1 Å². The SMILES string of the molecule is Cn1nc(C(F)(F)F)cc1Oc1c[c]ccc1. The predicted molar refractivity (Wildman–Crippen MR) is 53.6 cm³/mol. The average molecular weight is 241 g/mol. The smallest absolute Gasteiger partial charge is 0.435 e. The quantitative estimate of drug-likeness (QED) is 0.808. The van der Waals surface area contributed by atoms with E-state index in [9.17, 15) is 13.2 Å². The van der Waals surface area contributed by atoms with Crippen LogP contribution in [0.25, 0.3) is 0 Å². The Labute approximate surface area is 95.4 Å². The third-order valence-corrected chi connectivity index (χ3v) is 2.03. The van der Waals surface area contributed by atoms with E-state index in [1.165, 1.54) is 13.1 Å². The van der Waals surface area contributed by atoms with Gasteiger partial charge in [-0.1, -0.05) is 12.1 Å². The van der Waals surface area contributed by atoms with E-state index < -0.39 is 11.9 Å². The zero-order chi connectivity index (χ0) is 12.5. The van der Waals surface area contributed by atoms with E-state index in [0.29, 0.717) is 5.75 Å². The number of halogens is 3. The number of aryl methyl sites for hydroxylation is 1. The highest BCUT2D eigenvalue weighted by Gasteiger charge is 2.35. The highest BCUT2D eigenvalue weighted by molar-refractivity contribution is 5.27. The van der Waals surface area contributed by atoms with Gasteiger partial charge in [-0.25, -0.2) is 4.68 Å². The van der Waals surface area contributed by atoms with Gasteiger partial charge < -0.3 is 4.74 Å². The number of rotatable bonds is 2. The summed E-state index contributed by atoms with van der Waals surface area (Å²) in [5.74, 6) is 0.432. The van der Waals surface area contributed by atoms with Gasteiger partial charge in [0.1, 0.15) is 5.75 Å². The minimum Gasteiger partial charge on any atom is -0.439 e. The number of ether oxygens (including phenoxy) is 1. The highest BCUT2D eigenvalue weighted by Crippen LogP contribution is 2.31. The monoisotopic (exact) mass is 241 g/mol. The van der Waals surface area contributed by atoms with Crippen LogP contribution in [0.5, 0.6) is 11.6 Å². The van der Waals surface area contributed by atoms with E-state index in [1.807, 2.05) is 0 Å².